The highest BCUT2D eigenvalue weighted by Gasteiger charge is 2.29. The second-order valence-electron chi connectivity index (χ2n) is 7.29. The molecule has 2 aliphatic heterocycles. The topological polar surface area (TPSA) is 81.5 Å². The summed E-state index contributed by atoms with van der Waals surface area (Å²) < 4.78 is 13.7. The molecule has 0 saturated carbocycles. The van der Waals surface area contributed by atoms with Crippen LogP contribution in [0.2, 0.25) is 0 Å². The Labute approximate surface area is 164 Å². The van der Waals surface area contributed by atoms with Gasteiger partial charge in [-0.05, 0) is 51.9 Å². The number of ether oxygens (including phenoxy) is 2. The monoisotopic (exact) mass is 385 g/mol. The molecular weight excluding hydrogens is 358 g/mol. The molecule has 3 heterocycles. The molecule has 1 N–H and O–H groups in total. The molecule has 1 aromatic heterocycles. The molecule has 1 unspecified atom stereocenters. The van der Waals surface area contributed by atoms with Gasteiger partial charge < -0.3 is 19.7 Å². The number of benzene rings is 1. The third-order valence-corrected chi connectivity index (χ3v) is 5.45. The van der Waals surface area contributed by atoms with Crippen LogP contribution in [0.5, 0.6) is 11.5 Å². The number of piperidine rings is 1. The van der Waals surface area contributed by atoms with E-state index in [0.717, 1.165) is 43.1 Å². The second kappa shape index (κ2) is 8.18. The maximum absolute atomic E-state index is 13.1. The first-order valence-electron chi connectivity index (χ1n) is 9.97. The molecule has 2 aromatic rings. The average molecular weight is 385 g/mol. The number of hydrogen-bond donors (Lipinski definition) is 1. The van der Waals surface area contributed by atoms with Gasteiger partial charge in [0, 0.05) is 6.54 Å². The fourth-order valence-electron chi connectivity index (χ4n) is 3.84. The maximum atomic E-state index is 13.1. The minimum absolute atomic E-state index is 0.109. The summed E-state index contributed by atoms with van der Waals surface area (Å²) in [6.45, 7) is 7.26. The number of fused-ring (bicyclic) bond motifs is 1. The number of hydrogen-bond acceptors (Lipinski definition) is 6. The van der Waals surface area contributed by atoms with Crippen LogP contribution in [0.15, 0.2) is 24.3 Å². The number of carbonyl (C=O) groups is 1. The molecule has 1 atom stereocenters. The lowest BCUT2D eigenvalue weighted by Gasteiger charge is -2.30. The number of nitrogens with one attached hydrogen (secondary N) is 1. The van der Waals surface area contributed by atoms with Crippen LogP contribution in [0.25, 0.3) is 0 Å². The van der Waals surface area contributed by atoms with Crippen molar-refractivity contribution >= 4 is 5.91 Å². The number of amides is 1. The summed E-state index contributed by atoms with van der Waals surface area (Å²) in [4.78, 5) is 14.9. The molecule has 2 aliphatic rings. The summed E-state index contributed by atoms with van der Waals surface area (Å²) in [5, 5.41) is 11.9. The number of para-hydroxylation sites is 2. The van der Waals surface area contributed by atoms with E-state index < -0.39 is 0 Å². The number of carbonyl (C=O) groups excluding carboxylic acids is 1. The summed E-state index contributed by atoms with van der Waals surface area (Å²) >= 11 is 0. The van der Waals surface area contributed by atoms with Gasteiger partial charge in [-0.25, -0.2) is 4.68 Å². The molecule has 1 saturated heterocycles. The molecule has 150 valence electrons. The number of aromatic nitrogens is 3. The molecular formula is C20H27N5O3. The van der Waals surface area contributed by atoms with E-state index in [1.807, 2.05) is 42.8 Å². The predicted octanol–water partition coefficient (Wildman–Crippen LogP) is 1.81. The fourth-order valence-corrected chi connectivity index (χ4v) is 3.84. The first kappa shape index (κ1) is 18.7. The van der Waals surface area contributed by atoms with Crippen LogP contribution in [-0.4, -0.2) is 64.7 Å². The lowest BCUT2D eigenvalue weighted by Crippen LogP contribution is -2.44. The van der Waals surface area contributed by atoms with Crippen molar-refractivity contribution in [2.45, 2.75) is 38.8 Å². The molecule has 8 nitrogen and oxygen atoms in total. The van der Waals surface area contributed by atoms with E-state index in [9.17, 15) is 4.79 Å². The van der Waals surface area contributed by atoms with Gasteiger partial charge in [-0.15, -0.1) is 5.10 Å². The van der Waals surface area contributed by atoms with E-state index in [0.29, 0.717) is 31.4 Å². The van der Waals surface area contributed by atoms with Crippen LogP contribution in [0.4, 0.5) is 0 Å². The molecule has 28 heavy (non-hydrogen) atoms. The van der Waals surface area contributed by atoms with Crippen LogP contribution < -0.4 is 14.8 Å². The van der Waals surface area contributed by atoms with E-state index in [2.05, 4.69) is 15.6 Å². The van der Waals surface area contributed by atoms with Crippen LogP contribution in [-0.2, 0) is 0 Å². The number of rotatable bonds is 5. The minimum Gasteiger partial charge on any atom is -0.486 e. The Morgan fingerprint density at radius 1 is 1.29 bits per heavy atom. The van der Waals surface area contributed by atoms with Gasteiger partial charge in [0.2, 0.25) is 0 Å². The maximum Gasteiger partial charge on any atom is 0.276 e. The Balaban J connectivity index is 1.45. The highest BCUT2D eigenvalue weighted by molar-refractivity contribution is 5.93. The zero-order chi connectivity index (χ0) is 19.5. The third-order valence-electron chi connectivity index (χ3n) is 5.45. The van der Waals surface area contributed by atoms with Gasteiger partial charge in [-0.2, -0.15) is 0 Å². The van der Waals surface area contributed by atoms with Crippen molar-refractivity contribution < 1.29 is 14.3 Å². The normalized spacial score (nSPS) is 19.4. The largest absolute Gasteiger partial charge is 0.486 e. The van der Waals surface area contributed by atoms with Crippen molar-refractivity contribution in [1.82, 2.24) is 25.2 Å². The standard InChI is InChI=1S/C20H27N5O3/c1-3-24(12-16-13-27-17-6-4-5-7-18(17)28-16)20(26)19-14(2)25(23-22-19)15-8-10-21-11-9-15/h4-7,15-16,21H,3,8-13H2,1-2H3. The molecule has 4 rings (SSSR count). The fraction of sp³-hybridized carbons (Fsp3) is 0.550. The number of likely N-dealkylation sites (N-methyl/N-ethyl adjacent to an activating group) is 1. The Kier molecular flexibility index (Phi) is 5.47. The summed E-state index contributed by atoms with van der Waals surface area (Å²) in [5.74, 6) is 1.35. The minimum atomic E-state index is -0.210. The average Bonchev–Trinajstić information content (AvgIpc) is 3.13. The summed E-state index contributed by atoms with van der Waals surface area (Å²) in [5.41, 5.74) is 1.26. The Morgan fingerprint density at radius 3 is 2.79 bits per heavy atom. The first-order chi connectivity index (χ1) is 13.7. The van der Waals surface area contributed by atoms with Crippen LogP contribution in [0.1, 0.15) is 42.0 Å². The van der Waals surface area contributed by atoms with E-state index in [1.165, 1.54) is 0 Å². The van der Waals surface area contributed by atoms with E-state index in [-0.39, 0.29) is 12.0 Å². The smallest absolute Gasteiger partial charge is 0.276 e. The van der Waals surface area contributed by atoms with Crippen LogP contribution in [0.3, 0.4) is 0 Å². The van der Waals surface area contributed by atoms with Crippen molar-refractivity contribution in [2.24, 2.45) is 0 Å². The van der Waals surface area contributed by atoms with Crippen molar-refractivity contribution in [3.05, 3.63) is 35.7 Å². The Morgan fingerprint density at radius 2 is 2.04 bits per heavy atom. The Bertz CT molecular complexity index is 831. The summed E-state index contributed by atoms with van der Waals surface area (Å²) in [6.07, 6.45) is 1.79. The van der Waals surface area contributed by atoms with Crippen LogP contribution in [0, 0.1) is 6.92 Å². The number of nitrogens with zero attached hydrogens (tertiary/aromatic N) is 4. The zero-order valence-electron chi connectivity index (χ0n) is 16.4. The quantitative estimate of drug-likeness (QED) is 0.845. The predicted molar refractivity (Wildman–Crippen MR) is 104 cm³/mol. The molecule has 1 amide bonds. The van der Waals surface area contributed by atoms with E-state index in [4.69, 9.17) is 9.47 Å². The molecule has 0 spiro atoms. The van der Waals surface area contributed by atoms with Gasteiger partial charge in [0.05, 0.1) is 18.3 Å². The molecule has 0 radical (unpaired) electrons. The molecule has 0 aliphatic carbocycles. The lowest BCUT2D eigenvalue weighted by atomic mass is 10.1. The van der Waals surface area contributed by atoms with Gasteiger partial charge in [0.15, 0.2) is 23.3 Å². The van der Waals surface area contributed by atoms with E-state index in [1.54, 1.807) is 4.90 Å². The van der Waals surface area contributed by atoms with Gasteiger partial charge in [0.25, 0.3) is 5.91 Å². The van der Waals surface area contributed by atoms with Crippen molar-refractivity contribution in [2.75, 3.05) is 32.8 Å². The third kappa shape index (κ3) is 3.69. The van der Waals surface area contributed by atoms with Crippen molar-refractivity contribution in [3.63, 3.8) is 0 Å². The highest BCUT2D eigenvalue weighted by Crippen LogP contribution is 2.31. The molecule has 1 aromatic carbocycles. The molecule has 8 heteroatoms. The highest BCUT2D eigenvalue weighted by atomic mass is 16.6. The van der Waals surface area contributed by atoms with Crippen molar-refractivity contribution in [1.29, 1.82) is 0 Å². The SMILES string of the molecule is CCN(CC1COc2ccccc2O1)C(=O)c1nnn(C2CCNCC2)c1C. The zero-order valence-corrected chi connectivity index (χ0v) is 16.4. The summed E-state index contributed by atoms with van der Waals surface area (Å²) in [6, 6.07) is 7.90. The van der Waals surface area contributed by atoms with Gasteiger partial charge >= 0.3 is 0 Å². The summed E-state index contributed by atoms with van der Waals surface area (Å²) in [7, 11) is 0. The van der Waals surface area contributed by atoms with Gasteiger partial charge in [-0.3, -0.25) is 4.79 Å². The van der Waals surface area contributed by atoms with Crippen LogP contribution >= 0.6 is 0 Å². The second-order valence-corrected chi connectivity index (χ2v) is 7.29. The van der Waals surface area contributed by atoms with Crippen molar-refractivity contribution in [3.8, 4) is 11.5 Å². The molecule has 1 fully saturated rings. The van der Waals surface area contributed by atoms with Gasteiger partial charge in [0.1, 0.15) is 6.61 Å². The van der Waals surface area contributed by atoms with E-state index >= 15 is 0 Å². The Hall–Kier alpha value is -2.61. The first-order valence-corrected chi connectivity index (χ1v) is 9.97. The van der Waals surface area contributed by atoms with Gasteiger partial charge in [-0.1, -0.05) is 17.3 Å². The lowest BCUT2D eigenvalue weighted by molar-refractivity contribution is 0.0470. The molecule has 0 bridgehead atoms.